The molecule has 0 amide bonds. The quantitative estimate of drug-likeness (QED) is 0.555. The molecule has 0 saturated carbocycles. The fourth-order valence-corrected chi connectivity index (χ4v) is 2.46. The third kappa shape index (κ3) is 6.70. The van der Waals surface area contributed by atoms with Crippen molar-refractivity contribution in [1.29, 1.82) is 0 Å². The molecule has 4 nitrogen and oxygen atoms in total. The molecule has 0 aliphatic rings. The van der Waals surface area contributed by atoms with Crippen LogP contribution in [-0.4, -0.2) is 32.6 Å². The van der Waals surface area contributed by atoms with Gasteiger partial charge in [-0.3, -0.25) is 4.99 Å². The molecule has 0 bridgehead atoms. The lowest BCUT2D eigenvalue weighted by Gasteiger charge is -2.16. The highest BCUT2D eigenvalue weighted by atomic mass is 19.3. The Kier molecular flexibility index (Phi) is 7.86. The Labute approximate surface area is 153 Å². The average molecular weight is 361 g/mol. The third-order valence-corrected chi connectivity index (χ3v) is 3.90. The van der Waals surface area contributed by atoms with E-state index >= 15 is 0 Å². The molecule has 0 aliphatic carbocycles. The van der Waals surface area contributed by atoms with Crippen LogP contribution in [0.4, 0.5) is 8.78 Å². The Balaban J connectivity index is 1.82. The molecule has 0 radical (unpaired) electrons. The van der Waals surface area contributed by atoms with Gasteiger partial charge >= 0.3 is 0 Å². The van der Waals surface area contributed by atoms with Crippen LogP contribution in [-0.2, 0) is 6.54 Å². The zero-order chi connectivity index (χ0) is 18.8. The van der Waals surface area contributed by atoms with Crippen molar-refractivity contribution in [3.05, 3.63) is 65.7 Å². The van der Waals surface area contributed by atoms with E-state index in [0.29, 0.717) is 24.2 Å². The summed E-state index contributed by atoms with van der Waals surface area (Å²) in [6, 6.07) is 17.4. The number of hydrogen-bond acceptors (Lipinski definition) is 2. The smallest absolute Gasteiger partial charge is 0.272 e. The van der Waals surface area contributed by atoms with Crippen molar-refractivity contribution in [3.63, 3.8) is 0 Å². The van der Waals surface area contributed by atoms with Crippen molar-refractivity contribution >= 4 is 5.96 Å². The maximum absolute atomic E-state index is 12.2. The summed E-state index contributed by atoms with van der Waals surface area (Å²) in [5.41, 5.74) is 2.19. The minimum absolute atomic E-state index is 0.348. The van der Waals surface area contributed by atoms with E-state index in [9.17, 15) is 8.78 Å². The minimum Gasteiger partial charge on any atom is -0.488 e. The lowest BCUT2D eigenvalue weighted by atomic mass is 10.0. The van der Waals surface area contributed by atoms with Gasteiger partial charge in [-0.25, -0.2) is 8.78 Å². The molecule has 0 aromatic heterocycles. The van der Waals surface area contributed by atoms with E-state index < -0.39 is 13.0 Å². The number of aliphatic imine (C=N–C) groups is 1. The molecule has 26 heavy (non-hydrogen) atoms. The molecule has 0 heterocycles. The molecule has 1 unspecified atom stereocenters. The van der Waals surface area contributed by atoms with Crippen LogP contribution < -0.4 is 15.4 Å². The highest BCUT2D eigenvalue weighted by Crippen LogP contribution is 2.15. The summed E-state index contributed by atoms with van der Waals surface area (Å²) in [6.45, 7) is 2.82. The lowest BCUT2D eigenvalue weighted by molar-refractivity contribution is 0.0818. The van der Waals surface area contributed by atoms with Crippen molar-refractivity contribution in [2.45, 2.75) is 25.8 Å². The number of ether oxygens (including phenoxy) is 1. The van der Waals surface area contributed by atoms with Gasteiger partial charge in [0.25, 0.3) is 6.43 Å². The largest absolute Gasteiger partial charge is 0.488 e. The number of benzene rings is 2. The van der Waals surface area contributed by atoms with E-state index in [1.807, 2.05) is 24.3 Å². The van der Waals surface area contributed by atoms with E-state index in [1.54, 1.807) is 25.2 Å². The Morgan fingerprint density at radius 3 is 2.54 bits per heavy atom. The first-order valence-electron chi connectivity index (χ1n) is 8.58. The van der Waals surface area contributed by atoms with Crippen LogP contribution >= 0.6 is 0 Å². The Bertz CT molecular complexity index is 692. The number of guanidine groups is 1. The van der Waals surface area contributed by atoms with Crippen LogP contribution in [0.3, 0.4) is 0 Å². The summed E-state index contributed by atoms with van der Waals surface area (Å²) in [5.74, 6) is 1.47. The topological polar surface area (TPSA) is 45.7 Å². The number of nitrogens with one attached hydrogen (secondary N) is 2. The second kappa shape index (κ2) is 10.4. The van der Waals surface area contributed by atoms with Gasteiger partial charge in [-0.15, -0.1) is 0 Å². The Morgan fingerprint density at radius 2 is 1.85 bits per heavy atom. The van der Waals surface area contributed by atoms with Crippen molar-refractivity contribution < 1.29 is 13.5 Å². The van der Waals surface area contributed by atoms with E-state index in [1.165, 1.54) is 5.56 Å². The number of alkyl halides is 2. The molecular formula is C20H25F2N3O. The molecular weight excluding hydrogens is 336 g/mol. The number of hydrogen-bond donors (Lipinski definition) is 2. The van der Waals surface area contributed by atoms with Gasteiger partial charge in [-0.05, 0) is 29.2 Å². The molecule has 2 rings (SSSR count). The van der Waals surface area contributed by atoms with Gasteiger partial charge in [0.05, 0.1) is 0 Å². The summed E-state index contributed by atoms with van der Waals surface area (Å²) < 4.78 is 29.5. The van der Waals surface area contributed by atoms with Gasteiger partial charge in [0.15, 0.2) is 5.96 Å². The fraction of sp³-hybridized carbons (Fsp3) is 0.350. The zero-order valence-electron chi connectivity index (χ0n) is 15.1. The third-order valence-electron chi connectivity index (χ3n) is 3.90. The van der Waals surface area contributed by atoms with Crippen LogP contribution in [0.15, 0.2) is 59.6 Å². The molecule has 1 atom stereocenters. The summed E-state index contributed by atoms with van der Waals surface area (Å²) in [7, 11) is 1.71. The van der Waals surface area contributed by atoms with Crippen molar-refractivity contribution in [1.82, 2.24) is 10.6 Å². The van der Waals surface area contributed by atoms with E-state index in [4.69, 9.17) is 4.74 Å². The second-order valence-corrected chi connectivity index (χ2v) is 5.97. The molecule has 2 aromatic carbocycles. The van der Waals surface area contributed by atoms with E-state index in [-0.39, 0.29) is 0 Å². The Hall–Kier alpha value is -2.63. The van der Waals surface area contributed by atoms with Crippen molar-refractivity contribution in [2.75, 3.05) is 20.2 Å². The monoisotopic (exact) mass is 361 g/mol. The van der Waals surface area contributed by atoms with Crippen molar-refractivity contribution in [2.24, 2.45) is 4.99 Å². The Morgan fingerprint density at radius 1 is 1.08 bits per heavy atom. The van der Waals surface area contributed by atoms with E-state index in [0.717, 1.165) is 12.1 Å². The van der Waals surface area contributed by atoms with Gasteiger partial charge in [0.2, 0.25) is 0 Å². The van der Waals surface area contributed by atoms with Gasteiger partial charge in [-0.2, -0.15) is 0 Å². The molecule has 6 heteroatoms. The van der Waals surface area contributed by atoms with Crippen LogP contribution in [0.25, 0.3) is 0 Å². The maximum atomic E-state index is 12.2. The van der Waals surface area contributed by atoms with E-state index in [2.05, 4.69) is 34.7 Å². The van der Waals surface area contributed by atoms with Crippen LogP contribution in [0.2, 0.25) is 0 Å². The van der Waals surface area contributed by atoms with Gasteiger partial charge in [0, 0.05) is 20.1 Å². The summed E-state index contributed by atoms with van der Waals surface area (Å²) in [6.07, 6.45) is -2.48. The first-order valence-corrected chi connectivity index (χ1v) is 8.58. The first-order chi connectivity index (χ1) is 12.6. The van der Waals surface area contributed by atoms with Crippen LogP contribution in [0, 0.1) is 0 Å². The van der Waals surface area contributed by atoms with Crippen LogP contribution in [0.1, 0.15) is 24.0 Å². The number of rotatable bonds is 8. The molecule has 2 N–H and O–H groups in total. The highest BCUT2D eigenvalue weighted by Gasteiger charge is 2.07. The predicted octanol–water partition coefficient (Wildman–Crippen LogP) is 3.80. The fourth-order valence-electron chi connectivity index (χ4n) is 2.46. The normalized spacial score (nSPS) is 12.7. The van der Waals surface area contributed by atoms with Gasteiger partial charge in [0.1, 0.15) is 12.4 Å². The highest BCUT2D eigenvalue weighted by molar-refractivity contribution is 5.79. The van der Waals surface area contributed by atoms with Crippen molar-refractivity contribution in [3.8, 4) is 5.75 Å². The minimum atomic E-state index is -2.48. The maximum Gasteiger partial charge on any atom is 0.272 e. The summed E-state index contributed by atoms with van der Waals surface area (Å²) >= 11 is 0. The zero-order valence-corrected chi connectivity index (χ0v) is 15.1. The second-order valence-electron chi connectivity index (χ2n) is 5.97. The molecule has 0 spiro atoms. The summed E-state index contributed by atoms with van der Waals surface area (Å²) in [4.78, 5) is 4.21. The number of nitrogens with zero attached hydrogens (tertiary/aromatic N) is 1. The predicted molar refractivity (Wildman–Crippen MR) is 101 cm³/mol. The molecule has 0 aliphatic heterocycles. The molecule has 0 saturated heterocycles. The first kappa shape index (κ1) is 19.7. The standard InChI is InChI=1S/C20H25F2N3O/c1-15(17-8-4-3-5-9-17)12-24-20(23-2)25-13-16-7-6-10-18(11-16)26-14-19(21)22/h3-11,15,19H,12-14H2,1-2H3,(H2,23,24,25). The molecule has 140 valence electrons. The summed E-state index contributed by atoms with van der Waals surface area (Å²) in [5, 5.41) is 6.52. The number of halogens is 2. The van der Waals surface area contributed by atoms with Gasteiger partial charge < -0.3 is 15.4 Å². The lowest BCUT2D eigenvalue weighted by Crippen LogP contribution is -2.38. The van der Waals surface area contributed by atoms with Crippen LogP contribution in [0.5, 0.6) is 5.75 Å². The molecule has 2 aromatic rings. The molecule has 0 fully saturated rings. The average Bonchev–Trinajstić information content (AvgIpc) is 2.67. The van der Waals surface area contributed by atoms with Gasteiger partial charge in [-0.1, -0.05) is 49.4 Å². The SMILES string of the molecule is CN=C(NCc1cccc(OCC(F)F)c1)NCC(C)c1ccccc1.